The molecular formula is C22H29N3O5S. The first-order chi connectivity index (χ1) is 14.7. The normalized spacial score (nSPS) is 16.3. The maximum atomic E-state index is 13.1. The second-order valence-electron chi connectivity index (χ2n) is 7.82. The Hall–Kier alpha value is -2.65. The van der Waals surface area contributed by atoms with Crippen LogP contribution in [0.5, 0.6) is 0 Å². The van der Waals surface area contributed by atoms with Gasteiger partial charge in [0.25, 0.3) is 0 Å². The van der Waals surface area contributed by atoms with E-state index in [2.05, 4.69) is 5.32 Å². The van der Waals surface area contributed by atoms with Gasteiger partial charge in [0.1, 0.15) is 6.04 Å². The van der Waals surface area contributed by atoms with Gasteiger partial charge in [-0.05, 0) is 35.7 Å². The molecule has 168 valence electrons. The molecule has 2 aromatic carbocycles. The van der Waals surface area contributed by atoms with Gasteiger partial charge in [0, 0.05) is 26.2 Å². The quantitative estimate of drug-likeness (QED) is 0.734. The molecule has 1 heterocycles. The van der Waals surface area contributed by atoms with Crippen LogP contribution in [-0.2, 0) is 19.6 Å². The zero-order valence-corrected chi connectivity index (χ0v) is 18.9. The van der Waals surface area contributed by atoms with Gasteiger partial charge in [0.05, 0.1) is 11.5 Å². The van der Waals surface area contributed by atoms with Crippen molar-refractivity contribution in [2.24, 2.45) is 5.92 Å². The summed E-state index contributed by atoms with van der Waals surface area (Å²) in [7, 11) is -3.66. The number of nitrogens with one attached hydrogen (secondary N) is 1. The summed E-state index contributed by atoms with van der Waals surface area (Å²) in [6.07, 6.45) is -0.632. The lowest BCUT2D eigenvalue weighted by atomic mass is 10.0. The predicted octanol–water partition coefficient (Wildman–Crippen LogP) is 2.44. The number of hydrogen-bond acceptors (Lipinski definition) is 5. The second-order valence-corrected chi connectivity index (χ2v) is 9.76. The molecule has 0 radical (unpaired) electrons. The predicted molar refractivity (Wildman–Crippen MR) is 118 cm³/mol. The lowest BCUT2D eigenvalue weighted by Crippen LogP contribution is -2.57. The van der Waals surface area contributed by atoms with Gasteiger partial charge >= 0.3 is 6.09 Å². The van der Waals surface area contributed by atoms with Crippen LogP contribution in [-0.4, -0.2) is 68.5 Å². The van der Waals surface area contributed by atoms with E-state index in [1.54, 1.807) is 30.0 Å². The van der Waals surface area contributed by atoms with E-state index in [-0.39, 0.29) is 49.5 Å². The van der Waals surface area contributed by atoms with Gasteiger partial charge in [0.15, 0.2) is 0 Å². The highest BCUT2D eigenvalue weighted by atomic mass is 32.2. The van der Waals surface area contributed by atoms with Gasteiger partial charge in [-0.1, -0.05) is 44.2 Å². The van der Waals surface area contributed by atoms with Crippen molar-refractivity contribution in [2.45, 2.75) is 31.7 Å². The average Bonchev–Trinajstić information content (AvgIpc) is 2.76. The van der Waals surface area contributed by atoms with Crippen molar-refractivity contribution in [3.05, 3.63) is 42.5 Å². The fourth-order valence-corrected chi connectivity index (χ4v) is 5.09. The van der Waals surface area contributed by atoms with Crippen LogP contribution in [0.25, 0.3) is 10.8 Å². The Morgan fingerprint density at radius 3 is 2.29 bits per heavy atom. The van der Waals surface area contributed by atoms with E-state index >= 15 is 0 Å². The smallest absolute Gasteiger partial charge is 0.407 e. The number of alkyl carbamates (subject to hydrolysis) is 1. The summed E-state index contributed by atoms with van der Waals surface area (Å²) in [5, 5.41) is 4.46. The van der Waals surface area contributed by atoms with Gasteiger partial charge < -0.3 is 15.0 Å². The van der Waals surface area contributed by atoms with Crippen LogP contribution in [0.15, 0.2) is 47.4 Å². The molecule has 2 aromatic rings. The zero-order chi connectivity index (χ0) is 22.6. The van der Waals surface area contributed by atoms with Gasteiger partial charge in [-0.15, -0.1) is 0 Å². The van der Waals surface area contributed by atoms with E-state index in [0.717, 1.165) is 10.8 Å². The largest absolute Gasteiger partial charge is 0.450 e. The van der Waals surface area contributed by atoms with Crippen molar-refractivity contribution >= 4 is 32.8 Å². The Morgan fingerprint density at radius 1 is 1.03 bits per heavy atom. The average molecular weight is 448 g/mol. The molecule has 0 saturated carbocycles. The minimum atomic E-state index is -3.66. The topological polar surface area (TPSA) is 96.0 Å². The van der Waals surface area contributed by atoms with Crippen LogP contribution in [0, 0.1) is 5.92 Å². The Labute approximate surface area is 183 Å². The summed E-state index contributed by atoms with van der Waals surface area (Å²) in [5.41, 5.74) is 0. The first-order valence-electron chi connectivity index (χ1n) is 10.4. The number of amides is 2. The van der Waals surface area contributed by atoms with Crippen molar-refractivity contribution in [3.63, 3.8) is 0 Å². The zero-order valence-electron chi connectivity index (χ0n) is 18.1. The van der Waals surface area contributed by atoms with E-state index < -0.39 is 22.2 Å². The number of nitrogens with zero attached hydrogens (tertiary/aromatic N) is 2. The van der Waals surface area contributed by atoms with Gasteiger partial charge in [0.2, 0.25) is 15.9 Å². The summed E-state index contributed by atoms with van der Waals surface area (Å²) in [5.74, 6) is -0.359. The van der Waals surface area contributed by atoms with Gasteiger partial charge in [-0.2, -0.15) is 4.31 Å². The molecular weight excluding hydrogens is 418 g/mol. The minimum absolute atomic E-state index is 0.128. The molecule has 1 fully saturated rings. The lowest BCUT2D eigenvalue weighted by molar-refractivity contribution is -0.135. The molecule has 1 N–H and O–H groups in total. The minimum Gasteiger partial charge on any atom is -0.450 e. The molecule has 1 aliphatic rings. The molecule has 2 amide bonds. The van der Waals surface area contributed by atoms with E-state index in [1.165, 1.54) is 4.31 Å². The molecule has 0 bridgehead atoms. The standard InChI is InChI=1S/C22H29N3O5S/c1-4-30-22(27)23-20(16(2)3)21(26)24-11-13-25(14-12-24)31(28,29)19-10-9-17-7-5-6-8-18(17)15-19/h5-10,15-16,20H,4,11-14H2,1-3H3,(H,23,27). The van der Waals surface area contributed by atoms with Crippen LogP contribution >= 0.6 is 0 Å². The van der Waals surface area contributed by atoms with Crippen LogP contribution in [0.1, 0.15) is 20.8 Å². The number of carbonyl (C=O) groups excluding carboxylic acids is 2. The number of carbonyl (C=O) groups is 2. The number of hydrogen-bond donors (Lipinski definition) is 1. The van der Waals surface area contributed by atoms with Crippen molar-refractivity contribution in [1.29, 1.82) is 0 Å². The number of fused-ring (bicyclic) bond motifs is 1. The Bertz CT molecular complexity index is 1050. The SMILES string of the molecule is CCOC(=O)NC(C(=O)N1CCN(S(=O)(=O)c2ccc3ccccc3c2)CC1)C(C)C. The fraction of sp³-hybridized carbons (Fsp3) is 0.455. The number of rotatable bonds is 6. The molecule has 3 rings (SSSR count). The third-order valence-electron chi connectivity index (χ3n) is 5.39. The van der Waals surface area contributed by atoms with Crippen molar-refractivity contribution in [1.82, 2.24) is 14.5 Å². The molecule has 1 atom stereocenters. The summed E-state index contributed by atoms with van der Waals surface area (Å²) in [4.78, 5) is 26.6. The Balaban J connectivity index is 1.68. The number of piperazine rings is 1. The molecule has 0 aromatic heterocycles. The van der Waals surface area contributed by atoms with Crippen molar-refractivity contribution in [2.75, 3.05) is 32.8 Å². The third-order valence-corrected chi connectivity index (χ3v) is 7.29. The van der Waals surface area contributed by atoms with Gasteiger partial charge in [-0.25, -0.2) is 13.2 Å². The first-order valence-corrected chi connectivity index (χ1v) is 11.9. The maximum Gasteiger partial charge on any atom is 0.407 e. The highest BCUT2D eigenvalue weighted by Crippen LogP contribution is 2.23. The molecule has 9 heteroatoms. The second kappa shape index (κ2) is 9.65. The molecule has 1 unspecified atom stereocenters. The molecule has 31 heavy (non-hydrogen) atoms. The van der Waals surface area contributed by atoms with Crippen LogP contribution in [0.3, 0.4) is 0 Å². The summed E-state index contributed by atoms with van der Waals surface area (Å²) >= 11 is 0. The molecule has 1 aliphatic heterocycles. The molecule has 0 spiro atoms. The van der Waals surface area contributed by atoms with Crippen LogP contribution < -0.4 is 5.32 Å². The first kappa shape index (κ1) is 23.0. The van der Waals surface area contributed by atoms with E-state index in [1.807, 2.05) is 38.1 Å². The molecule has 8 nitrogen and oxygen atoms in total. The highest BCUT2D eigenvalue weighted by Gasteiger charge is 2.34. The van der Waals surface area contributed by atoms with E-state index in [0.29, 0.717) is 0 Å². The molecule has 0 aliphatic carbocycles. The highest BCUT2D eigenvalue weighted by molar-refractivity contribution is 7.89. The van der Waals surface area contributed by atoms with Gasteiger partial charge in [-0.3, -0.25) is 4.79 Å². The van der Waals surface area contributed by atoms with Crippen molar-refractivity contribution in [3.8, 4) is 0 Å². The van der Waals surface area contributed by atoms with Crippen molar-refractivity contribution < 1.29 is 22.7 Å². The summed E-state index contributed by atoms with van der Waals surface area (Å²) < 4.78 is 32.5. The number of sulfonamides is 1. The Morgan fingerprint density at radius 2 is 1.68 bits per heavy atom. The maximum absolute atomic E-state index is 13.1. The number of ether oxygens (including phenoxy) is 1. The van der Waals surface area contributed by atoms with Crippen LogP contribution in [0.4, 0.5) is 4.79 Å². The summed E-state index contributed by atoms with van der Waals surface area (Å²) in [6.45, 7) is 6.52. The van der Waals surface area contributed by atoms with E-state index in [4.69, 9.17) is 4.74 Å². The van der Waals surface area contributed by atoms with E-state index in [9.17, 15) is 18.0 Å². The molecule has 1 saturated heterocycles. The number of benzene rings is 2. The summed E-state index contributed by atoms with van der Waals surface area (Å²) in [6, 6.07) is 12.0. The lowest BCUT2D eigenvalue weighted by Gasteiger charge is -2.36. The monoisotopic (exact) mass is 447 g/mol. The Kier molecular flexibility index (Phi) is 7.17. The fourth-order valence-electron chi connectivity index (χ4n) is 3.64. The third kappa shape index (κ3) is 5.16. The van der Waals surface area contributed by atoms with Crippen LogP contribution in [0.2, 0.25) is 0 Å².